The molecular weight excluding hydrogens is 320 g/mol. The fourth-order valence-electron chi connectivity index (χ4n) is 3.51. The van der Waals surface area contributed by atoms with Crippen LogP contribution in [0.1, 0.15) is 35.0 Å². The van der Waals surface area contributed by atoms with Crippen LogP contribution in [0.15, 0.2) is 24.7 Å². The second-order valence-electron chi connectivity index (χ2n) is 6.77. The Morgan fingerprint density at radius 2 is 2.16 bits per heavy atom. The Morgan fingerprint density at radius 1 is 1.36 bits per heavy atom. The van der Waals surface area contributed by atoms with Gasteiger partial charge < -0.3 is 14.7 Å². The third kappa shape index (κ3) is 3.24. The molecule has 0 radical (unpaired) electrons. The number of aliphatic hydroxyl groups is 1. The number of hydrogen-bond donors (Lipinski definition) is 1. The summed E-state index contributed by atoms with van der Waals surface area (Å²) in [4.78, 5) is 18.6. The fraction of sp³-hybridized carbons (Fsp3) is 0.500. The minimum atomic E-state index is -0.382. The van der Waals surface area contributed by atoms with E-state index < -0.39 is 0 Å². The normalized spacial score (nSPS) is 21.3. The molecule has 7 heteroatoms. The predicted molar refractivity (Wildman–Crippen MR) is 91.3 cm³/mol. The van der Waals surface area contributed by atoms with Crippen molar-refractivity contribution in [3.05, 3.63) is 41.5 Å². The maximum atomic E-state index is 11.7. The molecule has 0 spiro atoms. The number of carbonyl (C=O) groups is 1. The van der Waals surface area contributed by atoms with Gasteiger partial charge in [0.05, 0.1) is 49.1 Å². The molecule has 1 saturated carbocycles. The van der Waals surface area contributed by atoms with Crippen LogP contribution in [0.4, 0.5) is 5.69 Å². The standard InChI is InChI=1S/C18H22N4O3/c1-2-25-18(24)15-5-20-22(9-15)10-17-14(11-23)4-16(6-19-17)21-7-12-3-13(12)8-21/h4-6,9,12-13,23H,2-3,7-8,10-11H2,1H3. The van der Waals surface area contributed by atoms with Gasteiger partial charge in [0.25, 0.3) is 0 Å². The number of carbonyl (C=O) groups excluding carboxylic acids is 1. The van der Waals surface area contributed by atoms with Gasteiger partial charge in [-0.2, -0.15) is 5.10 Å². The van der Waals surface area contributed by atoms with Crippen molar-refractivity contribution >= 4 is 11.7 Å². The Labute approximate surface area is 146 Å². The van der Waals surface area contributed by atoms with E-state index in [4.69, 9.17) is 4.74 Å². The maximum absolute atomic E-state index is 11.7. The highest BCUT2D eigenvalue weighted by molar-refractivity contribution is 5.88. The molecule has 2 aromatic heterocycles. The topological polar surface area (TPSA) is 80.5 Å². The largest absolute Gasteiger partial charge is 0.462 e. The quantitative estimate of drug-likeness (QED) is 0.801. The molecular formula is C18H22N4O3. The van der Waals surface area contributed by atoms with Crippen molar-refractivity contribution < 1.29 is 14.6 Å². The van der Waals surface area contributed by atoms with Crippen LogP contribution in [0, 0.1) is 11.8 Å². The van der Waals surface area contributed by atoms with Gasteiger partial charge in [0.1, 0.15) is 0 Å². The summed E-state index contributed by atoms with van der Waals surface area (Å²) >= 11 is 0. The first kappa shape index (κ1) is 16.1. The smallest absolute Gasteiger partial charge is 0.341 e. The molecule has 2 aliphatic rings. The lowest BCUT2D eigenvalue weighted by Gasteiger charge is -2.21. The van der Waals surface area contributed by atoms with Gasteiger partial charge in [0, 0.05) is 24.8 Å². The van der Waals surface area contributed by atoms with E-state index in [9.17, 15) is 9.90 Å². The molecule has 1 aliphatic carbocycles. The average Bonchev–Trinajstić information content (AvgIpc) is 3.02. The van der Waals surface area contributed by atoms with Gasteiger partial charge >= 0.3 is 5.97 Å². The molecule has 2 atom stereocenters. The lowest BCUT2D eigenvalue weighted by Crippen LogP contribution is -2.22. The highest BCUT2D eigenvalue weighted by Gasteiger charge is 2.45. The average molecular weight is 342 g/mol. The molecule has 2 unspecified atom stereocenters. The van der Waals surface area contributed by atoms with Crippen molar-refractivity contribution in [1.82, 2.24) is 14.8 Å². The molecule has 0 bridgehead atoms. The van der Waals surface area contributed by atoms with Gasteiger partial charge in [-0.3, -0.25) is 9.67 Å². The summed E-state index contributed by atoms with van der Waals surface area (Å²) in [5, 5.41) is 13.9. The molecule has 7 nitrogen and oxygen atoms in total. The Kier molecular flexibility index (Phi) is 4.17. The summed E-state index contributed by atoms with van der Waals surface area (Å²) in [7, 11) is 0. The number of piperidine rings is 1. The van der Waals surface area contributed by atoms with Crippen LogP contribution in [0.3, 0.4) is 0 Å². The van der Waals surface area contributed by atoms with Gasteiger partial charge in [0.15, 0.2) is 0 Å². The Bertz CT molecular complexity index is 778. The van der Waals surface area contributed by atoms with E-state index in [1.807, 2.05) is 12.3 Å². The number of esters is 1. The molecule has 4 rings (SSSR count). The summed E-state index contributed by atoms with van der Waals surface area (Å²) < 4.78 is 6.61. The zero-order valence-electron chi connectivity index (χ0n) is 14.3. The van der Waals surface area contributed by atoms with Crippen LogP contribution in [0.5, 0.6) is 0 Å². The third-order valence-corrected chi connectivity index (χ3v) is 5.02. The minimum Gasteiger partial charge on any atom is -0.462 e. The van der Waals surface area contributed by atoms with Crippen LogP contribution in [-0.2, 0) is 17.9 Å². The van der Waals surface area contributed by atoms with E-state index in [2.05, 4.69) is 15.0 Å². The van der Waals surface area contributed by atoms with Crippen molar-refractivity contribution in [2.75, 3.05) is 24.6 Å². The number of ether oxygens (including phenoxy) is 1. The zero-order chi connectivity index (χ0) is 17.4. The number of fused-ring (bicyclic) bond motifs is 1. The highest BCUT2D eigenvalue weighted by atomic mass is 16.5. The minimum absolute atomic E-state index is 0.0666. The Morgan fingerprint density at radius 3 is 2.88 bits per heavy atom. The van der Waals surface area contributed by atoms with Crippen LogP contribution in [-0.4, -0.2) is 45.5 Å². The lowest BCUT2D eigenvalue weighted by molar-refractivity contribution is 0.0526. The first-order valence-corrected chi connectivity index (χ1v) is 8.71. The van der Waals surface area contributed by atoms with Gasteiger partial charge in [-0.25, -0.2) is 4.79 Å². The molecule has 132 valence electrons. The monoisotopic (exact) mass is 342 g/mol. The second-order valence-corrected chi connectivity index (χ2v) is 6.77. The Hall–Kier alpha value is -2.41. The molecule has 2 aromatic rings. The van der Waals surface area contributed by atoms with Crippen molar-refractivity contribution in [3.8, 4) is 0 Å². The first-order chi connectivity index (χ1) is 12.2. The number of hydrogen-bond acceptors (Lipinski definition) is 6. The molecule has 0 aromatic carbocycles. The van der Waals surface area contributed by atoms with E-state index in [0.717, 1.165) is 41.9 Å². The first-order valence-electron chi connectivity index (χ1n) is 8.71. The zero-order valence-corrected chi connectivity index (χ0v) is 14.3. The molecule has 3 heterocycles. The molecule has 25 heavy (non-hydrogen) atoms. The van der Waals surface area contributed by atoms with Crippen molar-refractivity contribution in [1.29, 1.82) is 0 Å². The Balaban J connectivity index is 1.49. The van der Waals surface area contributed by atoms with Crippen LogP contribution >= 0.6 is 0 Å². The summed E-state index contributed by atoms with van der Waals surface area (Å²) in [5.74, 6) is 1.32. The van der Waals surface area contributed by atoms with Crippen molar-refractivity contribution in [2.45, 2.75) is 26.5 Å². The van der Waals surface area contributed by atoms with Crippen molar-refractivity contribution in [3.63, 3.8) is 0 Å². The maximum Gasteiger partial charge on any atom is 0.341 e. The van der Waals surface area contributed by atoms with E-state index in [-0.39, 0.29) is 12.6 Å². The van der Waals surface area contributed by atoms with Crippen LogP contribution in [0.2, 0.25) is 0 Å². The molecule has 1 saturated heterocycles. The van der Waals surface area contributed by atoms with Crippen LogP contribution < -0.4 is 4.90 Å². The number of nitrogens with zero attached hydrogens (tertiary/aromatic N) is 4. The highest BCUT2D eigenvalue weighted by Crippen LogP contribution is 2.46. The van der Waals surface area contributed by atoms with Crippen molar-refractivity contribution in [2.24, 2.45) is 11.8 Å². The van der Waals surface area contributed by atoms with Gasteiger partial charge in [-0.15, -0.1) is 0 Å². The lowest BCUT2D eigenvalue weighted by atomic mass is 10.1. The molecule has 1 N–H and O–H groups in total. The fourth-order valence-corrected chi connectivity index (χ4v) is 3.51. The van der Waals surface area contributed by atoms with E-state index in [1.54, 1.807) is 17.8 Å². The number of pyridine rings is 1. The molecule has 0 amide bonds. The predicted octanol–water partition coefficient (Wildman–Crippen LogP) is 1.45. The second kappa shape index (κ2) is 6.48. The van der Waals surface area contributed by atoms with E-state index in [1.165, 1.54) is 12.6 Å². The van der Waals surface area contributed by atoms with E-state index in [0.29, 0.717) is 18.7 Å². The van der Waals surface area contributed by atoms with Gasteiger partial charge in [-0.05, 0) is 31.2 Å². The third-order valence-electron chi connectivity index (χ3n) is 5.02. The van der Waals surface area contributed by atoms with E-state index >= 15 is 0 Å². The number of rotatable bonds is 6. The number of aromatic nitrogens is 3. The molecule has 1 aliphatic heterocycles. The SMILES string of the molecule is CCOC(=O)c1cnn(Cc2ncc(N3CC4CC4C3)cc2CO)c1. The number of anilines is 1. The van der Waals surface area contributed by atoms with Crippen LogP contribution in [0.25, 0.3) is 0 Å². The summed E-state index contributed by atoms with van der Waals surface area (Å²) in [6.07, 6.45) is 6.36. The molecule has 2 fully saturated rings. The van der Waals surface area contributed by atoms with Gasteiger partial charge in [0.2, 0.25) is 0 Å². The summed E-state index contributed by atoms with van der Waals surface area (Å²) in [6, 6.07) is 2.02. The van der Waals surface area contributed by atoms with Gasteiger partial charge in [-0.1, -0.05) is 0 Å². The number of aliphatic hydroxyl groups excluding tert-OH is 1. The summed E-state index contributed by atoms with van der Waals surface area (Å²) in [5.41, 5.74) is 3.05. The summed E-state index contributed by atoms with van der Waals surface area (Å²) in [6.45, 7) is 4.63.